The normalized spacial score (nSPS) is 11.4. The number of halogens is 4. The lowest BCUT2D eigenvalue weighted by Crippen LogP contribution is -2.14. The summed E-state index contributed by atoms with van der Waals surface area (Å²) in [6.07, 6.45) is -4.42. The fraction of sp³-hybridized carbons (Fsp3) is 0.118. The van der Waals surface area contributed by atoms with Crippen LogP contribution in [-0.2, 0) is 6.18 Å². The maximum Gasteiger partial charge on any atom is 0.416 e. The molecule has 0 aliphatic heterocycles. The third-order valence-corrected chi connectivity index (χ3v) is 4.13. The van der Waals surface area contributed by atoms with Crippen molar-refractivity contribution < 1.29 is 18.0 Å². The van der Waals surface area contributed by atoms with E-state index in [2.05, 4.69) is 31.6 Å². The summed E-state index contributed by atoms with van der Waals surface area (Å²) in [6, 6.07) is 11.5. The van der Waals surface area contributed by atoms with E-state index in [9.17, 15) is 18.0 Å². The number of amides is 1. The van der Waals surface area contributed by atoms with Crippen LogP contribution in [0.4, 0.5) is 18.9 Å². The van der Waals surface area contributed by atoms with Crippen LogP contribution in [0.3, 0.4) is 0 Å². The average molecular weight is 425 g/mol. The van der Waals surface area contributed by atoms with Crippen LogP contribution in [0.1, 0.15) is 21.7 Å². The molecule has 9 heteroatoms. The number of aromatic nitrogens is 3. The van der Waals surface area contributed by atoms with Gasteiger partial charge in [-0.15, -0.1) is 5.10 Å². The molecule has 3 rings (SSSR count). The van der Waals surface area contributed by atoms with E-state index in [-0.39, 0.29) is 11.4 Å². The number of carbonyl (C=O) groups excluding carboxylic acids is 1. The zero-order valence-electron chi connectivity index (χ0n) is 13.4. The van der Waals surface area contributed by atoms with Crippen molar-refractivity contribution in [2.45, 2.75) is 13.1 Å². The predicted octanol–water partition coefficient (Wildman–Crippen LogP) is 4.61. The largest absolute Gasteiger partial charge is 0.416 e. The highest BCUT2D eigenvalue weighted by molar-refractivity contribution is 9.10. The Morgan fingerprint density at radius 1 is 1.15 bits per heavy atom. The summed E-state index contributed by atoms with van der Waals surface area (Å²) in [5.74, 6) is -0.552. The van der Waals surface area contributed by atoms with Gasteiger partial charge in [0, 0.05) is 10.2 Å². The second-order valence-electron chi connectivity index (χ2n) is 5.44. The van der Waals surface area contributed by atoms with Gasteiger partial charge in [0.25, 0.3) is 5.91 Å². The quantitative estimate of drug-likeness (QED) is 0.667. The van der Waals surface area contributed by atoms with Gasteiger partial charge < -0.3 is 5.32 Å². The molecule has 0 spiro atoms. The Morgan fingerprint density at radius 3 is 2.46 bits per heavy atom. The molecule has 1 aromatic heterocycles. The Labute approximate surface area is 155 Å². The minimum atomic E-state index is -4.42. The number of anilines is 1. The lowest BCUT2D eigenvalue weighted by atomic mass is 10.2. The first-order valence-electron chi connectivity index (χ1n) is 7.42. The zero-order chi connectivity index (χ0) is 18.9. The summed E-state index contributed by atoms with van der Waals surface area (Å²) in [7, 11) is 0. The van der Waals surface area contributed by atoms with Crippen LogP contribution in [0.5, 0.6) is 0 Å². The molecule has 0 atom stereocenters. The molecular weight excluding hydrogens is 413 g/mol. The number of hydrogen-bond acceptors (Lipinski definition) is 3. The van der Waals surface area contributed by atoms with E-state index in [0.717, 1.165) is 22.3 Å². The maximum atomic E-state index is 12.6. The summed E-state index contributed by atoms with van der Waals surface area (Å²) in [5.41, 5.74) is 0.766. The molecule has 5 nitrogen and oxygen atoms in total. The van der Waals surface area contributed by atoms with Gasteiger partial charge in [0.1, 0.15) is 0 Å². The molecule has 3 aromatic rings. The molecule has 0 radical (unpaired) electrons. The molecule has 0 unspecified atom stereocenters. The number of benzene rings is 2. The lowest BCUT2D eigenvalue weighted by Gasteiger charge is -2.08. The standard InChI is InChI=1S/C17H12BrF3N4O/c1-10-15(23-24-25(10)14-4-2-3-12(18)9-14)16(26)22-13-7-5-11(6-8-13)17(19,20)21/h2-9H,1H3,(H,22,26). The molecule has 134 valence electrons. The van der Waals surface area contributed by atoms with Crippen molar-refractivity contribution in [2.75, 3.05) is 5.32 Å². The van der Waals surface area contributed by atoms with E-state index in [4.69, 9.17) is 0 Å². The highest BCUT2D eigenvalue weighted by Crippen LogP contribution is 2.30. The first-order chi connectivity index (χ1) is 12.3. The minimum Gasteiger partial charge on any atom is -0.321 e. The monoisotopic (exact) mass is 424 g/mol. The Kier molecular flexibility index (Phi) is 4.82. The van der Waals surface area contributed by atoms with Gasteiger partial charge >= 0.3 is 6.18 Å². The van der Waals surface area contributed by atoms with Crippen molar-refractivity contribution in [3.63, 3.8) is 0 Å². The van der Waals surface area contributed by atoms with Crippen molar-refractivity contribution in [2.24, 2.45) is 0 Å². The summed E-state index contributed by atoms with van der Waals surface area (Å²) in [5, 5.41) is 10.4. The number of rotatable bonds is 3. The van der Waals surface area contributed by atoms with E-state index < -0.39 is 17.6 Å². The average Bonchev–Trinajstić information content (AvgIpc) is 2.96. The first kappa shape index (κ1) is 18.1. The van der Waals surface area contributed by atoms with Crippen molar-refractivity contribution in [1.29, 1.82) is 0 Å². The molecule has 2 aromatic carbocycles. The molecule has 0 fully saturated rings. The van der Waals surface area contributed by atoms with Crippen molar-refractivity contribution in [3.05, 3.63) is 70.0 Å². The SMILES string of the molecule is Cc1c(C(=O)Nc2ccc(C(F)(F)F)cc2)nnn1-c1cccc(Br)c1. The number of carbonyl (C=O) groups is 1. The van der Waals surface area contributed by atoms with Gasteiger partial charge in [-0.1, -0.05) is 27.2 Å². The third kappa shape index (κ3) is 3.77. The highest BCUT2D eigenvalue weighted by atomic mass is 79.9. The van der Waals surface area contributed by atoms with E-state index in [0.29, 0.717) is 5.69 Å². The number of hydrogen-bond donors (Lipinski definition) is 1. The molecule has 1 N–H and O–H groups in total. The molecule has 0 saturated carbocycles. The summed E-state index contributed by atoms with van der Waals surface area (Å²) in [4.78, 5) is 12.4. The minimum absolute atomic E-state index is 0.0878. The second kappa shape index (κ2) is 6.91. The van der Waals surface area contributed by atoms with Crippen LogP contribution in [0.15, 0.2) is 53.0 Å². The van der Waals surface area contributed by atoms with Crippen molar-refractivity contribution in [1.82, 2.24) is 15.0 Å². The second-order valence-corrected chi connectivity index (χ2v) is 6.36. The van der Waals surface area contributed by atoms with E-state index >= 15 is 0 Å². The molecular formula is C17H12BrF3N4O. The molecule has 1 heterocycles. The Hall–Kier alpha value is -2.68. The summed E-state index contributed by atoms with van der Waals surface area (Å²) < 4.78 is 40.1. The van der Waals surface area contributed by atoms with E-state index in [1.807, 2.05) is 24.3 Å². The van der Waals surface area contributed by atoms with E-state index in [1.54, 1.807) is 6.92 Å². The van der Waals surface area contributed by atoms with Gasteiger partial charge in [-0.25, -0.2) is 4.68 Å². The Morgan fingerprint density at radius 2 is 1.85 bits per heavy atom. The fourth-order valence-electron chi connectivity index (χ4n) is 2.32. The van der Waals surface area contributed by atoms with Gasteiger partial charge in [0.2, 0.25) is 0 Å². The van der Waals surface area contributed by atoms with E-state index in [1.165, 1.54) is 16.8 Å². The number of nitrogens with zero attached hydrogens (tertiary/aromatic N) is 3. The van der Waals surface area contributed by atoms with Crippen LogP contribution in [0.2, 0.25) is 0 Å². The topological polar surface area (TPSA) is 59.8 Å². The Bertz CT molecular complexity index is 951. The fourth-order valence-corrected chi connectivity index (χ4v) is 2.71. The molecule has 1 amide bonds. The van der Waals surface area contributed by atoms with Gasteiger partial charge in [0.15, 0.2) is 5.69 Å². The van der Waals surface area contributed by atoms with Gasteiger partial charge in [-0.05, 0) is 49.4 Å². The third-order valence-electron chi connectivity index (χ3n) is 3.63. The maximum absolute atomic E-state index is 12.6. The number of alkyl halides is 3. The zero-order valence-corrected chi connectivity index (χ0v) is 15.0. The van der Waals surface area contributed by atoms with Gasteiger partial charge in [-0.3, -0.25) is 4.79 Å². The molecule has 0 bridgehead atoms. The van der Waals surface area contributed by atoms with Crippen LogP contribution in [0.25, 0.3) is 5.69 Å². The van der Waals surface area contributed by atoms with Crippen LogP contribution in [-0.4, -0.2) is 20.9 Å². The smallest absolute Gasteiger partial charge is 0.321 e. The molecule has 0 aliphatic rings. The highest BCUT2D eigenvalue weighted by Gasteiger charge is 2.30. The van der Waals surface area contributed by atoms with Gasteiger partial charge in [0.05, 0.1) is 16.9 Å². The molecule has 0 saturated heterocycles. The lowest BCUT2D eigenvalue weighted by molar-refractivity contribution is -0.137. The van der Waals surface area contributed by atoms with Gasteiger partial charge in [-0.2, -0.15) is 13.2 Å². The van der Waals surface area contributed by atoms with Crippen molar-refractivity contribution >= 4 is 27.5 Å². The molecule has 0 aliphatic carbocycles. The predicted molar refractivity (Wildman–Crippen MR) is 93.2 cm³/mol. The Balaban J connectivity index is 1.81. The first-order valence-corrected chi connectivity index (χ1v) is 8.22. The van der Waals surface area contributed by atoms with Crippen LogP contribution >= 0.6 is 15.9 Å². The summed E-state index contributed by atoms with van der Waals surface area (Å²) in [6.45, 7) is 1.68. The van der Waals surface area contributed by atoms with Crippen molar-refractivity contribution in [3.8, 4) is 5.69 Å². The molecule has 26 heavy (non-hydrogen) atoms. The summed E-state index contributed by atoms with van der Waals surface area (Å²) >= 11 is 3.36. The van der Waals surface area contributed by atoms with Crippen LogP contribution in [0, 0.1) is 6.92 Å². The van der Waals surface area contributed by atoms with Crippen LogP contribution < -0.4 is 5.32 Å². The number of nitrogens with one attached hydrogen (secondary N) is 1.